The lowest BCUT2D eigenvalue weighted by Gasteiger charge is -2.53. The van der Waals surface area contributed by atoms with Crippen molar-refractivity contribution >= 4 is 10.0 Å². The average Bonchev–Trinajstić information content (AvgIpc) is 2.56. The van der Waals surface area contributed by atoms with E-state index in [1.807, 2.05) is 4.31 Å². The Bertz CT molecular complexity index is 627. The summed E-state index contributed by atoms with van der Waals surface area (Å²) in [6.07, 6.45) is 3.86. The Morgan fingerprint density at radius 2 is 1.13 bits per heavy atom. The predicted octanol–water partition coefficient (Wildman–Crippen LogP) is 7.90. The smallest absolute Gasteiger partial charge is 0.212 e. The fourth-order valence-electron chi connectivity index (χ4n) is 5.46. The van der Waals surface area contributed by atoms with Crippen LogP contribution in [0.15, 0.2) is 0 Å². The largest absolute Gasteiger partial charge is 0.220 e. The molecule has 30 heavy (non-hydrogen) atoms. The highest BCUT2D eigenvalue weighted by Crippen LogP contribution is 2.51. The summed E-state index contributed by atoms with van der Waals surface area (Å²) in [5.41, 5.74) is -0.613. The van der Waals surface area contributed by atoms with E-state index in [1.54, 1.807) is 0 Å². The summed E-state index contributed by atoms with van der Waals surface area (Å²) in [6.45, 7) is 31.0. The second-order valence-electron chi connectivity index (χ2n) is 12.8. The van der Waals surface area contributed by atoms with Crippen molar-refractivity contribution in [3.8, 4) is 0 Å². The Hall–Kier alpha value is -0.0900. The van der Waals surface area contributed by atoms with Crippen LogP contribution in [0.25, 0.3) is 0 Å². The molecule has 4 heteroatoms. The third-order valence-electron chi connectivity index (χ3n) is 8.14. The van der Waals surface area contributed by atoms with Crippen molar-refractivity contribution in [1.29, 1.82) is 0 Å². The van der Waals surface area contributed by atoms with E-state index in [4.69, 9.17) is 0 Å². The maximum atomic E-state index is 14.7. The molecule has 0 heterocycles. The van der Waals surface area contributed by atoms with Crippen LogP contribution in [0.5, 0.6) is 0 Å². The second kappa shape index (κ2) is 9.81. The van der Waals surface area contributed by atoms with Gasteiger partial charge in [-0.1, -0.05) is 83.1 Å². The van der Waals surface area contributed by atoms with Crippen molar-refractivity contribution in [1.82, 2.24) is 4.31 Å². The molecule has 0 aliphatic heterocycles. The molecule has 3 nitrogen and oxygen atoms in total. The van der Waals surface area contributed by atoms with Crippen LogP contribution in [0, 0.1) is 22.2 Å². The first-order chi connectivity index (χ1) is 13.2. The van der Waals surface area contributed by atoms with Gasteiger partial charge >= 0.3 is 0 Å². The van der Waals surface area contributed by atoms with Crippen LogP contribution in [0.3, 0.4) is 0 Å². The van der Waals surface area contributed by atoms with Crippen molar-refractivity contribution in [3.63, 3.8) is 0 Å². The molecule has 0 N–H and O–H groups in total. The van der Waals surface area contributed by atoms with Crippen molar-refractivity contribution in [2.75, 3.05) is 6.54 Å². The van der Waals surface area contributed by atoms with Crippen LogP contribution in [0.4, 0.5) is 0 Å². The highest BCUT2D eigenvalue weighted by Gasteiger charge is 2.57. The molecule has 0 bridgehead atoms. The van der Waals surface area contributed by atoms with Crippen molar-refractivity contribution in [2.24, 2.45) is 22.2 Å². The number of hydrogen-bond acceptors (Lipinski definition) is 2. The minimum atomic E-state index is -3.56. The van der Waals surface area contributed by atoms with Gasteiger partial charge in [0.2, 0.25) is 10.0 Å². The summed E-state index contributed by atoms with van der Waals surface area (Å²) < 4.78 is 30.6. The zero-order chi connectivity index (χ0) is 24.4. The number of rotatable bonds is 11. The molecule has 1 unspecified atom stereocenters. The van der Waals surface area contributed by atoms with E-state index in [1.165, 1.54) is 0 Å². The van der Waals surface area contributed by atoms with Gasteiger partial charge in [-0.3, -0.25) is 0 Å². The fraction of sp³-hybridized carbons (Fsp3) is 1.00. The summed E-state index contributed by atoms with van der Waals surface area (Å²) in [7, 11) is -3.56. The standard InChI is InChI=1S/C26H55NO2S/c1-15-25(14,16-2)26(17-3,18-4)30(28,29)27(19-21(5)23(9,10)11)24(12,13)20-22(6,7)8/h21H,15-20H2,1-14H3. The first kappa shape index (κ1) is 29.9. The molecule has 0 spiro atoms. The van der Waals surface area contributed by atoms with Crippen LogP contribution in [-0.2, 0) is 10.0 Å². The molecular weight excluding hydrogens is 390 g/mol. The molecule has 0 amide bonds. The van der Waals surface area contributed by atoms with Crippen LogP contribution in [0.1, 0.15) is 129 Å². The third kappa shape index (κ3) is 6.03. The molecule has 0 aromatic rings. The Kier molecular flexibility index (Phi) is 9.78. The number of nitrogens with zero attached hydrogens (tertiary/aromatic N) is 1. The topological polar surface area (TPSA) is 37.4 Å². The molecular formula is C26H55NO2S. The summed E-state index contributed by atoms with van der Waals surface area (Å²) in [5, 5.41) is 0. The van der Waals surface area contributed by atoms with Gasteiger partial charge in [-0.2, -0.15) is 4.31 Å². The lowest BCUT2D eigenvalue weighted by Crippen LogP contribution is -2.62. The summed E-state index contributed by atoms with van der Waals surface area (Å²) in [6, 6.07) is 0. The number of sulfonamides is 1. The molecule has 0 saturated carbocycles. The molecule has 1 atom stereocenters. The van der Waals surface area contributed by atoms with Gasteiger partial charge in [-0.15, -0.1) is 0 Å². The molecule has 0 aromatic heterocycles. The van der Waals surface area contributed by atoms with Gasteiger partial charge in [-0.05, 0) is 68.1 Å². The summed E-state index contributed by atoms with van der Waals surface area (Å²) in [4.78, 5) is 0. The Balaban J connectivity index is 6.89. The van der Waals surface area contributed by atoms with Gasteiger partial charge in [0.05, 0.1) is 4.75 Å². The van der Waals surface area contributed by atoms with Crippen molar-refractivity contribution < 1.29 is 8.42 Å². The molecule has 0 rings (SSSR count). The molecule has 0 saturated heterocycles. The molecule has 0 fully saturated rings. The van der Waals surface area contributed by atoms with Gasteiger partial charge in [0.25, 0.3) is 0 Å². The molecule has 0 aromatic carbocycles. The maximum absolute atomic E-state index is 14.7. The minimum absolute atomic E-state index is 0.0438. The fourth-order valence-corrected chi connectivity index (χ4v) is 8.66. The zero-order valence-electron chi connectivity index (χ0n) is 23.0. The van der Waals surface area contributed by atoms with Gasteiger partial charge in [-0.25, -0.2) is 8.42 Å². The zero-order valence-corrected chi connectivity index (χ0v) is 23.8. The molecule has 182 valence electrons. The van der Waals surface area contributed by atoms with E-state index in [-0.39, 0.29) is 22.2 Å². The normalized spacial score (nSPS) is 16.2. The average molecular weight is 446 g/mol. The van der Waals surface area contributed by atoms with Crippen molar-refractivity contribution in [2.45, 2.75) is 139 Å². The second-order valence-corrected chi connectivity index (χ2v) is 15.0. The first-order valence-corrected chi connectivity index (χ1v) is 13.7. The Morgan fingerprint density at radius 1 is 0.733 bits per heavy atom. The SMILES string of the molecule is CCC(C)(CC)C(CC)(CC)S(=O)(=O)N(CC(C)C(C)(C)C)C(C)(C)CC(C)(C)C. The van der Waals surface area contributed by atoms with Gasteiger partial charge in [0.15, 0.2) is 0 Å². The van der Waals surface area contributed by atoms with Gasteiger partial charge in [0.1, 0.15) is 0 Å². The number of hydrogen-bond donors (Lipinski definition) is 0. The van der Waals surface area contributed by atoms with E-state index < -0.39 is 20.3 Å². The Labute approximate surface area is 190 Å². The summed E-state index contributed by atoms with van der Waals surface area (Å²) >= 11 is 0. The third-order valence-corrected chi connectivity index (χ3v) is 11.4. The van der Waals surface area contributed by atoms with E-state index in [2.05, 4.69) is 96.9 Å². The lowest BCUT2D eigenvalue weighted by molar-refractivity contribution is 0.0991. The van der Waals surface area contributed by atoms with Crippen LogP contribution >= 0.6 is 0 Å². The first-order valence-electron chi connectivity index (χ1n) is 12.2. The Morgan fingerprint density at radius 3 is 1.40 bits per heavy atom. The van der Waals surface area contributed by atoms with Gasteiger partial charge < -0.3 is 0 Å². The van der Waals surface area contributed by atoms with Crippen LogP contribution < -0.4 is 0 Å². The highest BCUT2D eigenvalue weighted by atomic mass is 32.2. The quantitative estimate of drug-likeness (QED) is 0.324. The van der Waals surface area contributed by atoms with Crippen molar-refractivity contribution in [3.05, 3.63) is 0 Å². The monoisotopic (exact) mass is 445 g/mol. The molecule has 0 radical (unpaired) electrons. The van der Waals surface area contributed by atoms with Crippen LogP contribution in [-0.4, -0.2) is 29.6 Å². The predicted molar refractivity (Wildman–Crippen MR) is 134 cm³/mol. The summed E-state index contributed by atoms with van der Waals surface area (Å²) in [5.74, 6) is 0.257. The maximum Gasteiger partial charge on any atom is 0.220 e. The van der Waals surface area contributed by atoms with E-state index in [0.29, 0.717) is 19.4 Å². The molecule has 0 aliphatic carbocycles. The van der Waals surface area contributed by atoms with E-state index >= 15 is 0 Å². The molecule has 0 aliphatic rings. The highest BCUT2D eigenvalue weighted by molar-refractivity contribution is 7.90. The van der Waals surface area contributed by atoms with E-state index in [0.717, 1.165) is 19.3 Å². The van der Waals surface area contributed by atoms with E-state index in [9.17, 15) is 8.42 Å². The van der Waals surface area contributed by atoms with Gasteiger partial charge in [0, 0.05) is 12.1 Å². The lowest BCUT2D eigenvalue weighted by atomic mass is 9.69. The minimum Gasteiger partial charge on any atom is -0.212 e. The van der Waals surface area contributed by atoms with Crippen LogP contribution in [0.2, 0.25) is 0 Å².